The van der Waals surface area contributed by atoms with Crippen molar-refractivity contribution in [3.63, 3.8) is 0 Å². The smallest absolute Gasteiger partial charge is 0.238 e. The van der Waals surface area contributed by atoms with Crippen LogP contribution in [0.3, 0.4) is 0 Å². The number of hydrogen-bond acceptors (Lipinski definition) is 8. The molecular weight excluding hydrogens is 382 g/mol. The fraction of sp³-hybridized carbons (Fsp3) is 0.389. The zero-order chi connectivity index (χ0) is 19.7. The van der Waals surface area contributed by atoms with E-state index in [2.05, 4.69) is 19.8 Å². The van der Waals surface area contributed by atoms with Crippen molar-refractivity contribution in [3.05, 3.63) is 41.3 Å². The molecule has 2 aromatic heterocycles. The molecule has 1 saturated heterocycles. The van der Waals surface area contributed by atoms with Crippen LogP contribution < -0.4 is 9.62 Å². The summed E-state index contributed by atoms with van der Waals surface area (Å²) < 4.78 is 38.6. The van der Waals surface area contributed by atoms with Crippen molar-refractivity contribution in [1.82, 2.24) is 15.1 Å². The molecule has 0 unspecified atom stereocenters. The highest BCUT2D eigenvalue weighted by atomic mass is 32.2. The number of anilines is 2. The van der Waals surface area contributed by atoms with Gasteiger partial charge in [-0.15, -0.1) is 0 Å². The summed E-state index contributed by atoms with van der Waals surface area (Å²) in [5.41, 5.74) is 2.46. The molecule has 3 heterocycles. The van der Waals surface area contributed by atoms with E-state index in [-0.39, 0.29) is 5.75 Å². The lowest BCUT2D eigenvalue weighted by molar-refractivity contribution is 0.122. The number of sulfonamides is 1. The van der Waals surface area contributed by atoms with Gasteiger partial charge in [-0.1, -0.05) is 17.3 Å². The Morgan fingerprint density at radius 2 is 1.79 bits per heavy atom. The van der Waals surface area contributed by atoms with Crippen molar-refractivity contribution in [1.29, 1.82) is 0 Å². The van der Waals surface area contributed by atoms with E-state index in [4.69, 9.17) is 9.26 Å². The highest BCUT2D eigenvalue weighted by Crippen LogP contribution is 2.24. The Labute approximate surface area is 162 Å². The van der Waals surface area contributed by atoms with Crippen LogP contribution in [-0.4, -0.2) is 49.8 Å². The lowest BCUT2D eigenvalue weighted by Crippen LogP contribution is -2.37. The number of fused-ring (bicyclic) bond motifs is 1. The Hall–Kier alpha value is -2.72. The number of hydrogen-bond donors (Lipinski definition) is 1. The van der Waals surface area contributed by atoms with E-state index in [9.17, 15) is 8.42 Å². The first-order chi connectivity index (χ1) is 13.4. The first-order valence-corrected chi connectivity index (χ1v) is 10.6. The van der Waals surface area contributed by atoms with Gasteiger partial charge in [0.05, 0.1) is 30.3 Å². The molecule has 9 nitrogen and oxygen atoms in total. The number of para-hydroxylation sites is 1. The molecule has 10 heteroatoms. The molecule has 1 aliphatic heterocycles. The van der Waals surface area contributed by atoms with Crippen LogP contribution in [0.4, 0.5) is 11.6 Å². The standard InChI is InChI=1S/C18H21N5O4S/c1-12-17(13(2)20-18(19-12)23-7-9-26-10-8-23)22-28(24,25)11-15-14-5-3-4-6-16(14)27-21-15/h3-6,22H,7-11H2,1-2H3. The van der Waals surface area contributed by atoms with Gasteiger partial charge in [0.1, 0.15) is 11.4 Å². The third kappa shape index (κ3) is 3.78. The molecular formula is C18H21N5O4S. The summed E-state index contributed by atoms with van der Waals surface area (Å²) in [5, 5.41) is 4.58. The molecule has 4 rings (SSSR count). The van der Waals surface area contributed by atoms with Gasteiger partial charge >= 0.3 is 0 Å². The van der Waals surface area contributed by atoms with Gasteiger partial charge in [0.15, 0.2) is 5.58 Å². The second-order valence-electron chi connectivity index (χ2n) is 6.66. The minimum absolute atomic E-state index is 0.298. The van der Waals surface area contributed by atoms with Gasteiger partial charge in [-0.2, -0.15) is 0 Å². The van der Waals surface area contributed by atoms with Crippen LogP contribution in [0.5, 0.6) is 0 Å². The predicted octanol–water partition coefficient (Wildman–Crippen LogP) is 2.01. The Morgan fingerprint density at radius 3 is 2.50 bits per heavy atom. The van der Waals surface area contributed by atoms with Crippen molar-refractivity contribution >= 4 is 32.6 Å². The van der Waals surface area contributed by atoms with E-state index in [1.165, 1.54) is 0 Å². The zero-order valence-electron chi connectivity index (χ0n) is 15.7. The topological polar surface area (TPSA) is 110 Å². The minimum Gasteiger partial charge on any atom is -0.378 e. The van der Waals surface area contributed by atoms with E-state index in [1.807, 2.05) is 17.0 Å². The molecule has 28 heavy (non-hydrogen) atoms. The lowest BCUT2D eigenvalue weighted by Gasteiger charge is -2.27. The normalized spacial score (nSPS) is 15.1. The quantitative estimate of drug-likeness (QED) is 0.689. The molecule has 0 atom stereocenters. The first kappa shape index (κ1) is 18.6. The van der Waals surface area contributed by atoms with Crippen molar-refractivity contribution in [3.8, 4) is 0 Å². The van der Waals surface area contributed by atoms with Crippen molar-refractivity contribution < 1.29 is 17.7 Å². The molecule has 0 aliphatic carbocycles. The maximum atomic E-state index is 12.7. The molecule has 0 bridgehead atoms. The molecule has 0 amide bonds. The average molecular weight is 403 g/mol. The number of morpholine rings is 1. The van der Waals surface area contributed by atoms with Crippen LogP contribution in [0.25, 0.3) is 11.0 Å². The van der Waals surface area contributed by atoms with Gasteiger partial charge in [0.2, 0.25) is 16.0 Å². The number of nitrogens with zero attached hydrogens (tertiary/aromatic N) is 4. The third-order valence-corrected chi connectivity index (χ3v) is 5.76. The maximum Gasteiger partial charge on any atom is 0.238 e. The molecule has 0 saturated carbocycles. The van der Waals surface area contributed by atoms with Gasteiger partial charge in [-0.25, -0.2) is 18.4 Å². The molecule has 1 aromatic carbocycles. The Kier molecular flexibility index (Phi) is 4.90. The Bertz CT molecular complexity index is 1080. The molecule has 3 aromatic rings. The SMILES string of the molecule is Cc1nc(N2CCOCC2)nc(C)c1NS(=O)(=O)Cc1noc2ccccc12. The average Bonchev–Trinajstić information content (AvgIpc) is 3.08. The summed E-state index contributed by atoms with van der Waals surface area (Å²) in [7, 11) is -3.72. The number of nitrogens with one attached hydrogen (secondary N) is 1. The molecule has 1 fully saturated rings. The minimum atomic E-state index is -3.72. The fourth-order valence-corrected chi connectivity index (χ4v) is 4.41. The van der Waals surface area contributed by atoms with Crippen molar-refractivity contribution in [2.75, 3.05) is 35.9 Å². The van der Waals surface area contributed by atoms with Gasteiger partial charge < -0.3 is 14.2 Å². The molecule has 0 radical (unpaired) electrons. The summed E-state index contributed by atoms with van der Waals surface area (Å²) in [4.78, 5) is 11.0. The summed E-state index contributed by atoms with van der Waals surface area (Å²) in [6.45, 7) is 6.21. The lowest BCUT2D eigenvalue weighted by atomic mass is 10.2. The third-order valence-electron chi connectivity index (χ3n) is 4.59. The van der Waals surface area contributed by atoms with Crippen LogP contribution >= 0.6 is 0 Å². The van der Waals surface area contributed by atoms with Crippen LogP contribution in [0.2, 0.25) is 0 Å². The van der Waals surface area contributed by atoms with Gasteiger partial charge in [-0.3, -0.25) is 4.72 Å². The van der Waals surface area contributed by atoms with E-state index in [1.54, 1.807) is 26.0 Å². The number of rotatable bonds is 5. The summed E-state index contributed by atoms with van der Waals surface area (Å²) in [5.74, 6) is 0.289. The second-order valence-corrected chi connectivity index (χ2v) is 8.38. The van der Waals surface area contributed by atoms with Gasteiger partial charge in [0.25, 0.3) is 0 Å². The zero-order valence-corrected chi connectivity index (χ0v) is 16.5. The number of aromatic nitrogens is 3. The van der Waals surface area contributed by atoms with Crippen LogP contribution in [0.15, 0.2) is 28.8 Å². The highest BCUT2D eigenvalue weighted by molar-refractivity contribution is 7.91. The summed E-state index contributed by atoms with van der Waals surface area (Å²) in [6.07, 6.45) is 0. The summed E-state index contributed by atoms with van der Waals surface area (Å²) in [6, 6.07) is 7.16. The van der Waals surface area contributed by atoms with E-state index >= 15 is 0 Å². The first-order valence-electron chi connectivity index (χ1n) is 8.95. The van der Waals surface area contributed by atoms with Crippen LogP contribution in [0, 0.1) is 13.8 Å². The van der Waals surface area contributed by atoms with Crippen molar-refractivity contribution in [2.24, 2.45) is 0 Å². The number of ether oxygens (including phenoxy) is 1. The monoisotopic (exact) mass is 403 g/mol. The Morgan fingerprint density at radius 1 is 1.11 bits per heavy atom. The van der Waals surface area contributed by atoms with Crippen LogP contribution in [0.1, 0.15) is 17.1 Å². The second kappa shape index (κ2) is 7.36. The summed E-state index contributed by atoms with van der Waals surface area (Å²) >= 11 is 0. The molecule has 1 N–H and O–H groups in total. The molecule has 148 valence electrons. The molecule has 0 spiro atoms. The number of aryl methyl sites for hydroxylation is 2. The predicted molar refractivity (Wildman–Crippen MR) is 105 cm³/mol. The van der Waals surface area contributed by atoms with E-state index in [0.29, 0.717) is 66.0 Å². The Balaban J connectivity index is 1.57. The number of benzene rings is 1. The fourth-order valence-electron chi connectivity index (χ4n) is 3.16. The van der Waals surface area contributed by atoms with Crippen LogP contribution in [-0.2, 0) is 20.5 Å². The van der Waals surface area contributed by atoms with E-state index < -0.39 is 10.0 Å². The van der Waals surface area contributed by atoms with Gasteiger partial charge in [-0.05, 0) is 26.0 Å². The maximum absolute atomic E-state index is 12.7. The highest BCUT2D eigenvalue weighted by Gasteiger charge is 2.22. The van der Waals surface area contributed by atoms with E-state index in [0.717, 1.165) is 0 Å². The van der Waals surface area contributed by atoms with Gasteiger partial charge in [0, 0.05) is 18.5 Å². The molecule has 1 aliphatic rings. The van der Waals surface area contributed by atoms with Crippen molar-refractivity contribution in [2.45, 2.75) is 19.6 Å². The largest absolute Gasteiger partial charge is 0.378 e.